The SMILES string of the molecule is CC1=NS(=O)(=O)NC(C)=C1CC(=O)N[C@@H]1CC[NH+](Cc2ccccc2)C1. The summed E-state index contributed by atoms with van der Waals surface area (Å²) in [6.45, 7) is 6.16. The molecule has 2 heterocycles. The molecule has 140 valence electrons. The zero-order valence-corrected chi connectivity index (χ0v) is 15.9. The van der Waals surface area contributed by atoms with E-state index >= 15 is 0 Å². The first kappa shape index (κ1) is 18.6. The van der Waals surface area contributed by atoms with Gasteiger partial charge >= 0.3 is 10.2 Å². The van der Waals surface area contributed by atoms with Gasteiger partial charge in [0.05, 0.1) is 31.3 Å². The van der Waals surface area contributed by atoms with Crippen molar-refractivity contribution in [3.63, 3.8) is 0 Å². The minimum absolute atomic E-state index is 0.0963. The van der Waals surface area contributed by atoms with Crippen molar-refractivity contribution in [1.29, 1.82) is 0 Å². The smallest absolute Gasteiger partial charge is 0.342 e. The van der Waals surface area contributed by atoms with Crippen molar-refractivity contribution in [2.75, 3.05) is 13.1 Å². The van der Waals surface area contributed by atoms with E-state index in [4.69, 9.17) is 0 Å². The first-order chi connectivity index (χ1) is 12.3. The maximum atomic E-state index is 12.4. The van der Waals surface area contributed by atoms with E-state index < -0.39 is 10.2 Å². The molecule has 2 aliphatic rings. The van der Waals surface area contributed by atoms with Gasteiger partial charge in [-0.25, -0.2) is 0 Å². The van der Waals surface area contributed by atoms with E-state index in [1.54, 1.807) is 13.8 Å². The zero-order chi connectivity index (χ0) is 18.7. The monoisotopic (exact) mass is 377 g/mol. The van der Waals surface area contributed by atoms with Crippen LogP contribution >= 0.6 is 0 Å². The highest BCUT2D eigenvalue weighted by Crippen LogP contribution is 2.16. The lowest BCUT2D eigenvalue weighted by atomic mass is 10.1. The Hall–Kier alpha value is -2.19. The van der Waals surface area contributed by atoms with Gasteiger partial charge in [0.2, 0.25) is 5.91 Å². The van der Waals surface area contributed by atoms with Gasteiger partial charge in [0.15, 0.2) is 0 Å². The lowest BCUT2D eigenvalue weighted by molar-refractivity contribution is -0.901. The van der Waals surface area contributed by atoms with Crippen molar-refractivity contribution in [1.82, 2.24) is 10.0 Å². The lowest BCUT2D eigenvalue weighted by Gasteiger charge is -2.19. The van der Waals surface area contributed by atoms with Gasteiger partial charge in [-0.15, -0.1) is 4.40 Å². The van der Waals surface area contributed by atoms with Crippen LogP contribution in [0.3, 0.4) is 0 Å². The molecule has 0 bridgehead atoms. The summed E-state index contributed by atoms with van der Waals surface area (Å²) in [5.41, 5.74) is 2.79. The van der Waals surface area contributed by atoms with Crippen molar-refractivity contribution in [3.8, 4) is 0 Å². The van der Waals surface area contributed by atoms with Gasteiger partial charge < -0.3 is 10.2 Å². The van der Waals surface area contributed by atoms with Crippen LogP contribution in [0.2, 0.25) is 0 Å². The fourth-order valence-corrected chi connectivity index (χ4v) is 4.61. The second kappa shape index (κ2) is 7.59. The molecule has 3 N–H and O–H groups in total. The Morgan fingerprint density at radius 3 is 2.73 bits per heavy atom. The molecule has 0 saturated carbocycles. The summed E-state index contributed by atoms with van der Waals surface area (Å²) < 4.78 is 29.0. The molecule has 26 heavy (non-hydrogen) atoms. The number of nitrogens with one attached hydrogen (secondary N) is 3. The van der Waals surface area contributed by atoms with E-state index in [1.807, 2.05) is 18.2 Å². The normalized spacial score (nSPS) is 24.8. The first-order valence-electron chi connectivity index (χ1n) is 8.78. The molecule has 3 rings (SSSR count). The Bertz CT molecular complexity index is 846. The Morgan fingerprint density at radius 2 is 2.04 bits per heavy atom. The van der Waals surface area contributed by atoms with Crippen LogP contribution in [-0.2, 0) is 21.5 Å². The van der Waals surface area contributed by atoms with Crippen LogP contribution in [0.25, 0.3) is 0 Å². The molecule has 1 amide bonds. The van der Waals surface area contributed by atoms with Crippen LogP contribution in [0.1, 0.15) is 32.3 Å². The highest BCUT2D eigenvalue weighted by molar-refractivity contribution is 7.88. The number of rotatable bonds is 5. The molecule has 1 unspecified atom stereocenters. The second-order valence-corrected chi connectivity index (χ2v) is 8.29. The van der Waals surface area contributed by atoms with E-state index in [1.165, 1.54) is 10.5 Å². The van der Waals surface area contributed by atoms with Crippen molar-refractivity contribution in [2.45, 2.75) is 39.3 Å². The predicted molar refractivity (Wildman–Crippen MR) is 99.9 cm³/mol. The number of carbonyl (C=O) groups excluding carboxylic acids is 1. The molecule has 0 radical (unpaired) electrons. The van der Waals surface area contributed by atoms with Crippen LogP contribution in [-0.4, -0.2) is 39.2 Å². The highest BCUT2D eigenvalue weighted by Gasteiger charge is 2.28. The van der Waals surface area contributed by atoms with Crippen LogP contribution in [0.5, 0.6) is 0 Å². The fraction of sp³-hybridized carbons (Fsp3) is 0.444. The van der Waals surface area contributed by atoms with Crippen molar-refractivity contribution >= 4 is 21.8 Å². The van der Waals surface area contributed by atoms with Gasteiger partial charge in [-0.3, -0.25) is 9.52 Å². The number of allylic oxidation sites excluding steroid dienone is 1. The van der Waals surface area contributed by atoms with Crippen molar-refractivity contribution in [3.05, 3.63) is 47.2 Å². The summed E-state index contributed by atoms with van der Waals surface area (Å²) >= 11 is 0. The Labute approximate surface area is 154 Å². The molecule has 1 fully saturated rings. The molecule has 2 aliphatic heterocycles. The molecule has 8 heteroatoms. The number of hydrogen-bond donors (Lipinski definition) is 3. The predicted octanol–water partition coefficient (Wildman–Crippen LogP) is -0.0670. The van der Waals surface area contributed by atoms with E-state index in [9.17, 15) is 13.2 Å². The third-order valence-corrected chi connectivity index (χ3v) is 5.89. The van der Waals surface area contributed by atoms with Gasteiger partial charge in [-0.05, 0) is 13.8 Å². The van der Waals surface area contributed by atoms with E-state index in [0.717, 1.165) is 26.1 Å². The maximum absolute atomic E-state index is 12.4. The molecule has 7 nitrogen and oxygen atoms in total. The maximum Gasteiger partial charge on any atom is 0.342 e. The molecule has 2 atom stereocenters. The van der Waals surface area contributed by atoms with Gasteiger partial charge in [0.25, 0.3) is 0 Å². The summed E-state index contributed by atoms with van der Waals surface area (Å²) in [6.07, 6.45) is 1.08. The molecule has 1 aromatic carbocycles. The standard InChI is InChI=1S/C18H24N4O3S/c1-13-17(14(2)21-26(24,25)20-13)10-18(23)19-16-8-9-22(12-16)11-15-6-4-3-5-7-15/h3-7,16,20H,8-12H2,1-2H3,(H,19,23)/p+1/t16-/m1/s1. The third kappa shape index (κ3) is 4.70. The molecule has 1 saturated heterocycles. The first-order valence-corrected chi connectivity index (χ1v) is 10.2. The van der Waals surface area contributed by atoms with E-state index in [0.29, 0.717) is 17.0 Å². The van der Waals surface area contributed by atoms with Gasteiger partial charge in [-0.1, -0.05) is 30.3 Å². The fourth-order valence-electron chi connectivity index (χ4n) is 3.58. The molecule has 0 aliphatic carbocycles. The number of amides is 1. The van der Waals surface area contributed by atoms with Gasteiger partial charge in [0.1, 0.15) is 6.54 Å². The lowest BCUT2D eigenvalue weighted by Crippen LogP contribution is -3.09. The molecule has 1 aromatic rings. The Balaban J connectivity index is 1.52. The van der Waals surface area contributed by atoms with Crippen molar-refractivity contribution < 1.29 is 18.1 Å². The van der Waals surface area contributed by atoms with Crippen LogP contribution in [0.15, 0.2) is 46.0 Å². The minimum atomic E-state index is -3.66. The largest absolute Gasteiger partial charge is 0.347 e. The molecule has 0 spiro atoms. The average molecular weight is 377 g/mol. The van der Waals surface area contributed by atoms with E-state index in [-0.39, 0.29) is 18.4 Å². The highest BCUT2D eigenvalue weighted by atomic mass is 32.2. The number of carbonyl (C=O) groups is 1. The third-order valence-electron chi connectivity index (χ3n) is 4.81. The summed E-state index contributed by atoms with van der Waals surface area (Å²) in [4.78, 5) is 13.9. The Kier molecular flexibility index (Phi) is 5.43. The van der Waals surface area contributed by atoms with Gasteiger partial charge in [-0.2, -0.15) is 8.42 Å². The number of nitrogens with zero attached hydrogens (tertiary/aromatic N) is 1. The minimum Gasteiger partial charge on any atom is -0.347 e. The van der Waals surface area contributed by atoms with Crippen molar-refractivity contribution in [2.24, 2.45) is 4.40 Å². The Morgan fingerprint density at radius 1 is 1.31 bits per heavy atom. The topological polar surface area (TPSA) is 92.1 Å². The number of quaternary nitrogens is 1. The quantitative estimate of drug-likeness (QED) is 0.671. The second-order valence-electron chi connectivity index (χ2n) is 6.95. The average Bonchev–Trinajstić information content (AvgIpc) is 2.98. The summed E-state index contributed by atoms with van der Waals surface area (Å²) in [6, 6.07) is 10.5. The van der Waals surface area contributed by atoms with Crippen LogP contribution in [0, 0.1) is 0 Å². The molecule has 0 aromatic heterocycles. The summed E-state index contributed by atoms with van der Waals surface area (Å²) in [7, 11) is -3.66. The zero-order valence-electron chi connectivity index (χ0n) is 15.1. The van der Waals surface area contributed by atoms with E-state index in [2.05, 4.69) is 26.6 Å². The number of likely N-dealkylation sites (tertiary alicyclic amines) is 1. The number of hydrogen-bond acceptors (Lipinski definition) is 3. The summed E-state index contributed by atoms with van der Waals surface area (Å²) in [5.74, 6) is -0.0963. The van der Waals surface area contributed by atoms with Gasteiger partial charge in [0, 0.05) is 23.3 Å². The summed E-state index contributed by atoms with van der Waals surface area (Å²) in [5, 5.41) is 3.08. The van der Waals surface area contributed by atoms with Crippen LogP contribution < -0.4 is 14.9 Å². The van der Waals surface area contributed by atoms with Crippen LogP contribution in [0.4, 0.5) is 0 Å². The number of benzene rings is 1. The molecular formula is C18H25N4O3S+. The molecular weight excluding hydrogens is 352 g/mol.